The fraction of sp³-hybridized carbons (Fsp3) is 0.368. The number of piperazine rings is 1. The summed E-state index contributed by atoms with van der Waals surface area (Å²) in [6.07, 6.45) is 0. The van der Waals surface area contributed by atoms with Gasteiger partial charge < -0.3 is 0 Å². The maximum Gasteiger partial charge on any atom is 0.0949 e. The first-order valence-electron chi connectivity index (χ1n) is 8.13. The Labute approximate surface area is 143 Å². The van der Waals surface area contributed by atoms with Crippen LogP contribution in [0.2, 0.25) is 5.02 Å². The Bertz CT molecular complexity index is 595. The molecule has 0 bridgehead atoms. The fourth-order valence-electron chi connectivity index (χ4n) is 3.27. The van der Waals surface area contributed by atoms with Gasteiger partial charge in [0.05, 0.1) is 12.6 Å². The SMILES string of the molecule is [O]CCN1CCN(C(c2ccccc2)c2ccc(Cl)cc2)CC1. The summed E-state index contributed by atoms with van der Waals surface area (Å²) in [6, 6.07) is 19.0. The predicted octanol–water partition coefficient (Wildman–Crippen LogP) is 3.48. The third kappa shape index (κ3) is 4.12. The minimum atomic E-state index is -0.0146. The van der Waals surface area contributed by atoms with Crippen LogP contribution in [0, 0.1) is 0 Å². The van der Waals surface area contributed by atoms with E-state index in [9.17, 15) is 5.11 Å². The average molecular weight is 330 g/mol. The lowest BCUT2D eigenvalue weighted by Crippen LogP contribution is -2.48. The van der Waals surface area contributed by atoms with Crippen molar-refractivity contribution in [2.24, 2.45) is 0 Å². The second kappa shape index (κ2) is 7.93. The van der Waals surface area contributed by atoms with Crippen LogP contribution in [0.5, 0.6) is 0 Å². The molecular formula is C19H22ClN2O. The van der Waals surface area contributed by atoms with Crippen LogP contribution in [0.1, 0.15) is 17.2 Å². The van der Waals surface area contributed by atoms with Crippen molar-refractivity contribution in [3.05, 3.63) is 70.7 Å². The van der Waals surface area contributed by atoms with Gasteiger partial charge in [0.25, 0.3) is 0 Å². The molecule has 4 heteroatoms. The van der Waals surface area contributed by atoms with Gasteiger partial charge in [-0.15, -0.1) is 0 Å². The first-order valence-corrected chi connectivity index (χ1v) is 8.50. The summed E-state index contributed by atoms with van der Waals surface area (Å²) in [4.78, 5) is 4.76. The van der Waals surface area contributed by atoms with Crippen molar-refractivity contribution < 1.29 is 5.11 Å². The highest BCUT2D eigenvalue weighted by Gasteiger charge is 2.26. The summed E-state index contributed by atoms with van der Waals surface area (Å²) in [5, 5.41) is 11.6. The van der Waals surface area contributed by atoms with Crippen molar-refractivity contribution in [2.45, 2.75) is 6.04 Å². The number of halogens is 1. The smallest absolute Gasteiger partial charge is 0.0949 e. The molecule has 1 unspecified atom stereocenters. The molecule has 1 fully saturated rings. The van der Waals surface area contributed by atoms with Gasteiger partial charge in [-0.1, -0.05) is 54.1 Å². The molecule has 1 aliphatic heterocycles. The Hall–Kier alpha value is -1.39. The Morgan fingerprint density at radius 3 is 2.09 bits per heavy atom. The van der Waals surface area contributed by atoms with E-state index in [1.807, 2.05) is 12.1 Å². The molecule has 3 rings (SSSR count). The summed E-state index contributed by atoms with van der Waals surface area (Å²) in [5.74, 6) is 0. The lowest BCUT2D eigenvalue weighted by molar-refractivity contribution is 0.0793. The summed E-state index contributed by atoms with van der Waals surface area (Å²) in [7, 11) is 0. The minimum Gasteiger partial charge on any atom is -0.298 e. The zero-order valence-electron chi connectivity index (χ0n) is 13.2. The lowest BCUT2D eigenvalue weighted by Gasteiger charge is -2.39. The zero-order chi connectivity index (χ0) is 16.1. The van der Waals surface area contributed by atoms with Gasteiger partial charge in [0.1, 0.15) is 0 Å². The van der Waals surface area contributed by atoms with Crippen LogP contribution in [0.4, 0.5) is 0 Å². The Balaban J connectivity index is 1.83. The van der Waals surface area contributed by atoms with Gasteiger partial charge in [-0.3, -0.25) is 9.80 Å². The van der Waals surface area contributed by atoms with Crippen molar-refractivity contribution in [3.63, 3.8) is 0 Å². The van der Waals surface area contributed by atoms with Gasteiger partial charge in [0, 0.05) is 37.7 Å². The monoisotopic (exact) mass is 329 g/mol. The molecule has 2 aromatic carbocycles. The fourth-order valence-corrected chi connectivity index (χ4v) is 3.39. The summed E-state index contributed by atoms with van der Waals surface area (Å²) < 4.78 is 0. The van der Waals surface area contributed by atoms with E-state index in [0.717, 1.165) is 31.2 Å². The number of nitrogens with zero attached hydrogens (tertiary/aromatic N) is 2. The molecule has 0 spiro atoms. The molecule has 3 nitrogen and oxygen atoms in total. The Morgan fingerprint density at radius 2 is 1.48 bits per heavy atom. The van der Waals surface area contributed by atoms with E-state index in [2.05, 4.69) is 52.3 Å². The molecule has 0 amide bonds. The molecule has 1 aliphatic rings. The molecule has 1 radical (unpaired) electrons. The number of hydrogen-bond donors (Lipinski definition) is 0. The second-order valence-corrected chi connectivity index (χ2v) is 6.38. The molecule has 23 heavy (non-hydrogen) atoms. The van der Waals surface area contributed by atoms with Gasteiger partial charge in [-0.05, 0) is 23.3 Å². The standard InChI is InChI=1S/C19H22ClN2O/c20-18-8-6-17(7-9-18)19(16-4-2-1-3-5-16)22-12-10-21(11-13-22)14-15-23/h1-9,19H,10-15H2. The first kappa shape index (κ1) is 16.5. The summed E-state index contributed by atoms with van der Waals surface area (Å²) in [5.41, 5.74) is 2.56. The van der Waals surface area contributed by atoms with E-state index in [1.54, 1.807) is 0 Å². The normalized spacial score (nSPS) is 18.0. The van der Waals surface area contributed by atoms with E-state index >= 15 is 0 Å². The molecule has 0 N–H and O–H groups in total. The molecule has 1 atom stereocenters. The quantitative estimate of drug-likeness (QED) is 0.839. The molecule has 0 aromatic heterocycles. The Kier molecular flexibility index (Phi) is 5.68. The van der Waals surface area contributed by atoms with E-state index in [0.29, 0.717) is 6.54 Å². The summed E-state index contributed by atoms with van der Waals surface area (Å²) in [6.45, 7) is 4.51. The average Bonchev–Trinajstić information content (AvgIpc) is 2.60. The van der Waals surface area contributed by atoms with E-state index in [1.165, 1.54) is 11.1 Å². The third-order valence-electron chi connectivity index (χ3n) is 4.48. The van der Waals surface area contributed by atoms with Gasteiger partial charge in [-0.2, -0.15) is 0 Å². The molecule has 121 valence electrons. The van der Waals surface area contributed by atoms with Crippen LogP contribution < -0.4 is 0 Å². The summed E-state index contributed by atoms with van der Waals surface area (Å²) >= 11 is 6.05. The molecule has 1 saturated heterocycles. The van der Waals surface area contributed by atoms with E-state index in [-0.39, 0.29) is 12.6 Å². The van der Waals surface area contributed by atoms with Gasteiger partial charge in [0.15, 0.2) is 0 Å². The van der Waals surface area contributed by atoms with Crippen molar-refractivity contribution in [2.75, 3.05) is 39.3 Å². The highest BCUT2D eigenvalue weighted by atomic mass is 35.5. The van der Waals surface area contributed by atoms with Crippen molar-refractivity contribution >= 4 is 11.6 Å². The maximum absolute atomic E-state index is 10.8. The highest BCUT2D eigenvalue weighted by Crippen LogP contribution is 2.30. The lowest BCUT2D eigenvalue weighted by atomic mass is 9.96. The van der Waals surface area contributed by atoms with Crippen LogP contribution in [0.15, 0.2) is 54.6 Å². The maximum atomic E-state index is 10.8. The van der Waals surface area contributed by atoms with Crippen LogP contribution in [-0.4, -0.2) is 49.1 Å². The van der Waals surface area contributed by atoms with Gasteiger partial charge in [-0.25, -0.2) is 5.11 Å². The topological polar surface area (TPSA) is 26.4 Å². The predicted molar refractivity (Wildman–Crippen MR) is 93.3 cm³/mol. The van der Waals surface area contributed by atoms with Crippen LogP contribution in [0.3, 0.4) is 0 Å². The number of hydrogen-bond acceptors (Lipinski definition) is 2. The van der Waals surface area contributed by atoms with Crippen LogP contribution in [-0.2, 0) is 5.11 Å². The highest BCUT2D eigenvalue weighted by molar-refractivity contribution is 6.30. The van der Waals surface area contributed by atoms with Crippen molar-refractivity contribution in [1.82, 2.24) is 9.80 Å². The third-order valence-corrected chi connectivity index (χ3v) is 4.73. The van der Waals surface area contributed by atoms with Gasteiger partial charge in [0.2, 0.25) is 0 Å². The Morgan fingerprint density at radius 1 is 0.870 bits per heavy atom. The first-order chi connectivity index (χ1) is 11.3. The molecule has 1 heterocycles. The largest absolute Gasteiger partial charge is 0.298 e. The second-order valence-electron chi connectivity index (χ2n) is 5.95. The molecule has 0 saturated carbocycles. The van der Waals surface area contributed by atoms with Gasteiger partial charge >= 0.3 is 0 Å². The number of rotatable bonds is 5. The van der Waals surface area contributed by atoms with Crippen LogP contribution in [0.25, 0.3) is 0 Å². The van der Waals surface area contributed by atoms with Crippen LogP contribution >= 0.6 is 11.6 Å². The van der Waals surface area contributed by atoms with E-state index in [4.69, 9.17) is 11.6 Å². The molecule has 0 aliphatic carbocycles. The van der Waals surface area contributed by atoms with Crippen molar-refractivity contribution in [3.8, 4) is 0 Å². The van der Waals surface area contributed by atoms with Crippen molar-refractivity contribution in [1.29, 1.82) is 0 Å². The molecular weight excluding hydrogens is 308 g/mol. The van der Waals surface area contributed by atoms with E-state index < -0.39 is 0 Å². The molecule has 2 aromatic rings. The zero-order valence-corrected chi connectivity index (χ0v) is 14.0. The minimum absolute atomic E-state index is 0.0146. The number of benzene rings is 2.